The number of aryl methyl sites for hydroxylation is 2. The molecule has 1 N–H and O–H groups in total. The molecule has 6 nitrogen and oxygen atoms in total. The highest BCUT2D eigenvalue weighted by Crippen LogP contribution is 2.33. The Kier molecular flexibility index (Phi) is 6.18. The third kappa shape index (κ3) is 4.46. The molecule has 33 heavy (non-hydrogen) atoms. The van der Waals surface area contributed by atoms with E-state index in [4.69, 9.17) is 9.47 Å². The number of rotatable bonds is 7. The van der Waals surface area contributed by atoms with Crippen LogP contribution in [0.2, 0.25) is 0 Å². The van der Waals surface area contributed by atoms with E-state index in [0.717, 1.165) is 22.4 Å². The third-order valence-electron chi connectivity index (χ3n) is 5.56. The number of nitrogens with zero attached hydrogens (tertiary/aromatic N) is 1. The molecule has 1 aliphatic rings. The zero-order chi connectivity index (χ0) is 23.5. The maximum Gasteiger partial charge on any atom is 0.278 e. The van der Waals surface area contributed by atoms with E-state index in [2.05, 4.69) is 11.4 Å². The zero-order valence-electron chi connectivity index (χ0n) is 19.1. The first kappa shape index (κ1) is 22.1. The van der Waals surface area contributed by atoms with Crippen LogP contribution in [0.15, 0.2) is 72.4 Å². The second-order valence-electron chi connectivity index (χ2n) is 7.99. The lowest BCUT2D eigenvalue weighted by Crippen LogP contribution is -2.32. The number of hydrogen-bond donors (Lipinski definition) is 1. The molecule has 0 spiro atoms. The van der Waals surface area contributed by atoms with Crippen molar-refractivity contribution in [3.05, 3.63) is 94.7 Å². The molecule has 0 unspecified atom stereocenters. The second kappa shape index (κ2) is 9.20. The summed E-state index contributed by atoms with van der Waals surface area (Å²) < 4.78 is 10.7. The van der Waals surface area contributed by atoms with Crippen molar-refractivity contribution in [1.82, 2.24) is 4.90 Å². The average Bonchev–Trinajstić information content (AvgIpc) is 3.03. The molecule has 0 saturated heterocycles. The number of imide groups is 1. The van der Waals surface area contributed by atoms with Crippen LogP contribution in [0.3, 0.4) is 0 Å². The van der Waals surface area contributed by atoms with Crippen molar-refractivity contribution < 1.29 is 19.1 Å². The van der Waals surface area contributed by atoms with Crippen LogP contribution in [0, 0.1) is 13.8 Å². The van der Waals surface area contributed by atoms with Gasteiger partial charge in [-0.25, -0.2) is 0 Å². The highest BCUT2D eigenvalue weighted by Gasteiger charge is 2.39. The smallest absolute Gasteiger partial charge is 0.278 e. The summed E-state index contributed by atoms with van der Waals surface area (Å²) >= 11 is 0. The topological polar surface area (TPSA) is 67.9 Å². The number of para-hydroxylation sites is 1. The normalized spacial score (nSPS) is 13.5. The molecular formula is C27H26N2O4. The lowest BCUT2D eigenvalue weighted by Gasteiger charge is -2.17. The summed E-state index contributed by atoms with van der Waals surface area (Å²) in [6, 6.07) is 20.4. The zero-order valence-corrected chi connectivity index (χ0v) is 19.1. The van der Waals surface area contributed by atoms with Gasteiger partial charge in [0.2, 0.25) is 0 Å². The summed E-state index contributed by atoms with van der Waals surface area (Å²) in [6.07, 6.45) is 0. The van der Waals surface area contributed by atoms with Crippen LogP contribution in [0.4, 0.5) is 5.69 Å². The molecule has 3 aromatic carbocycles. The van der Waals surface area contributed by atoms with Gasteiger partial charge >= 0.3 is 0 Å². The maximum atomic E-state index is 13.5. The van der Waals surface area contributed by atoms with Crippen LogP contribution in [0.5, 0.6) is 11.5 Å². The third-order valence-corrected chi connectivity index (χ3v) is 5.56. The van der Waals surface area contributed by atoms with Crippen LogP contribution < -0.4 is 14.8 Å². The Balaban J connectivity index is 1.76. The molecule has 0 fully saturated rings. The first-order chi connectivity index (χ1) is 15.9. The number of hydrogen-bond acceptors (Lipinski definition) is 5. The predicted octanol–water partition coefficient (Wildman–Crippen LogP) is 4.71. The van der Waals surface area contributed by atoms with Crippen LogP contribution in [-0.2, 0) is 16.1 Å². The van der Waals surface area contributed by atoms with Crippen molar-refractivity contribution >= 4 is 23.1 Å². The van der Waals surface area contributed by atoms with E-state index < -0.39 is 0 Å². The van der Waals surface area contributed by atoms with E-state index >= 15 is 0 Å². The number of benzene rings is 3. The SMILES string of the molecule is COc1ccc(C2=C(Nc3cc(C)cc(C)c3)C(=O)N(Cc3ccccc3OC)C2=O)cc1. The molecule has 0 aromatic heterocycles. The van der Waals surface area contributed by atoms with Crippen molar-refractivity contribution in [3.8, 4) is 11.5 Å². The molecule has 1 heterocycles. The Bertz CT molecular complexity index is 1220. The van der Waals surface area contributed by atoms with Crippen LogP contribution >= 0.6 is 0 Å². The van der Waals surface area contributed by atoms with Gasteiger partial charge in [0.05, 0.1) is 26.3 Å². The van der Waals surface area contributed by atoms with Gasteiger partial charge in [-0.05, 0) is 60.9 Å². The summed E-state index contributed by atoms with van der Waals surface area (Å²) in [6.45, 7) is 4.10. The highest BCUT2D eigenvalue weighted by atomic mass is 16.5. The molecule has 6 heteroatoms. The first-order valence-electron chi connectivity index (χ1n) is 10.6. The molecule has 0 radical (unpaired) electrons. The quantitative estimate of drug-likeness (QED) is 0.537. The van der Waals surface area contributed by atoms with Gasteiger partial charge in [0.1, 0.15) is 17.2 Å². The minimum absolute atomic E-state index is 0.110. The van der Waals surface area contributed by atoms with Gasteiger partial charge in [-0.1, -0.05) is 36.4 Å². The first-order valence-corrected chi connectivity index (χ1v) is 10.6. The predicted molar refractivity (Wildman–Crippen MR) is 128 cm³/mol. The van der Waals surface area contributed by atoms with E-state index in [9.17, 15) is 9.59 Å². The fourth-order valence-corrected chi connectivity index (χ4v) is 4.06. The number of anilines is 1. The van der Waals surface area contributed by atoms with Gasteiger partial charge in [0.25, 0.3) is 11.8 Å². The van der Waals surface area contributed by atoms with Gasteiger partial charge in [-0.15, -0.1) is 0 Å². The Hall–Kier alpha value is -4.06. The molecule has 0 saturated carbocycles. The lowest BCUT2D eigenvalue weighted by molar-refractivity contribution is -0.137. The minimum Gasteiger partial charge on any atom is -0.497 e. The molecule has 2 amide bonds. The molecule has 1 aliphatic heterocycles. The number of ether oxygens (including phenoxy) is 2. The van der Waals surface area contributed by atoms with E-state index in [-0.39, 0.29) is 24.1 Å². The van der Waals surface area contributed by atoms with Gasteiger partial charge in [0.15, 0.2) is 0 Å². The molecule has 0 atom stereocenters. The van der Waals surface area contributed by atoms with E-state index in [1.807, 2.05) is 50.2 Å². The molecule has 0 bridgehead atoms. The van der Waals surface area contributed by atoms with Gasteiger partial charge in [0, 0.05) is 11.3 Å². The van der Waals surface area contributed by atoms with Crippen molar-refractivity contribution in [1.29, 1.82) is 0 Å². The van der Waals surface area contributed by atoms with Crippen LogP contribution in [-0.4, -0.2) is 30.9 Å². The fraction of sp³-hybridized carbons (Fsp3) is 0.185. The van der Waals surface area contributed by atoms with Crippen LogP contribution in [0.1, 0.15) is 22.3 Å². The largest absolute Gasteiger partial charge is 0.497 e. The molecule has 3 aromatic rings. The number of nitrogens with one attached hydrogen (secondary N) is 1. The maximum absolute atomic E-state index is 13.5. The fourth-order valence-electron chi connectivity index (χ4n) is 4.06. The summed E-state index contributed by atoms with van der Waals surface area (Å²) in [5.74, 6) is 0.560. The number of carbonyl (C=O) groups excluding carboxylic acids is 2. The number of carbonyl (C=O) groups is 2. The second-order valence-corrected chi connectivity index (χ2v) is 7.99. The van der Waals surface area contributed by atoms with Crippen molar-refractivity contribution in [2.24, 2.45) is 0 Å². The van der Waals surface area contributed by atoms with Gasteiger partial charge in [-0.2, -0.15) is 0 Å². The molecule has 4 rings (SSSR count). The van der Waals surface area contributed by atoms with E-state index in [0.29, 0.717) is 22.6 Å². The lowest BCUT2D eigenvalue weighted by atomic mass is 10.0. The number of amides is 2. The number of methoxy groups -OCH3 is 2. The van der Waals surface area contributed by atoms with Crippen molar-refractivity contribution in [2.75, 3.05) is 19.5 Å². The molecule has 168 valence electrons. The van der Waals surface area contributed by atoms with Crippen molar-refractivity contribution in [3.63, 3.8) is 0 Å². The average molecular weight is 443 g/mol. The van der Waals surface area contributed by atoms with E-state index in [1.165, 1.54) is 4.90 Å². The van der Waals surface area contributed by atoms with Gasteiger partial charge < -0.3 is 14.8 Å². The summed E-state index contributed by atoms with van der Waals surface area (Å²) in [5.41, 5.74) is 4.86. The van der Waals surface area contributed by atoms with Gasteiger partial charge in [-0.3, -0.25) is 14.5 Å². The van der Waals surface area contributed by atoms with Crippen LogP contribution in [0.25, 0.3) is 5.57 Å². The summed E-state index contributed by atoms with van der Waals surface area (Å²) in [5, 5.41) is 3.23. The standard InChI is InChI=1S/C27H26N2O4/c1-17-13-18(2)15-21(14-17)28-25-24(19-9-11-22(32-3)12-10-19)26(30)29(27(25)31)16-20-7-5-6-8-23(20)33-4/h5-15,28H,16H2,1-4H3. The summed E-state index contributed by atoms with van der Waals surface area (Å²) in [4.78, 5) is 28.3. The molecular weight excluding hydrogens is 416 g/mol. The monoisotopic (exact) mass is 442 g/mol. The minimum atomic E-state index is -0.379. The Morgan fingerprint density at radius 1 is 0.818 bits per heavy atom. The highest BCUT2D eigenvalue weighted by molar-refractivity contribution is 6.36. The van der Waals surface area contributed by atoms with E-state index in [1.54, 1.807) is 38.5 Å². The van der Waals surface area contributed by atoms with Crippen molar-refractivity contribution in [2.45, 2.75) is 20.4 Å². The Morgan fingerprint density at radius 2 is 1.48 bits per heavy atom. The molecule has 0 aliphatic carbocycles. The Labute approximate surface area is 193 Å². The Morgan fingerprint density at radius 3 is 2.12 bits per heavy atom. The summed E-state index contributed by atoms with van der Waals surface area (Å²) in [7, 11) is 3.15.